The maximum absolute atomic E-state index is 2.57. The van der Waals surface area contributed by atoms with Crippen LogP contribution in [-0.2, 0) is 6.54 Å². The Morgan fingerprint density at radius 3 is 2.71 bits per heavy atom. The summed E-state index contributed by atoms with van der Waals surface area (Å²) in [6, 6.07) is 10.8. The van der Waals surface area contributed by atoms with Gasteiger partial charge in [-0.05, 0) is 30.7 Å². The minimum Gasteiger partial charge on any atom is -0.344 e. The molecule has 3 rings (SSSR count). The molecule has 0 N–H and O–H groups in total. The van der Waals surface area contributed by atoms with Crippen LogP contribution >= 0.6 is 0 Å². The van der Waals surface area contributed by atoms with Gasteiger partial charge in [-0.25, -0.2) is 0 Å². The summed E-state index contributed by atoms with van der Waals surface area (Å²) in [5.41, 5.74) is 5.89. The van der Waals surface area contributed by atoms with Crippen LogP contribution in [0.3, 0.4) is 0 Å². The first-order chi connectivity index (χ1) is 11.8. The molecule has 2 heteroatoms. The fraction of sp³-hybridized carbons (Fsp3) is 0.364. The summed E-state index contributed by atoms with van der Waals surface area (Å²) < 4.78 is 0. The zero-order valence-corrected chi connectivity index (χ0v) is 14.9. The lowest BCUT2D eigenvalue weighted by Gasteiger charge is -2.36. The van der Waals surface area contributed by atoms with Crippen molar-refractivity contribution < 1.29 is 0 Å². The summed E-state index contributed by atoms with van der Waals surface area (Å²) in [6.45, 7) is 5.48. The molecular formula is C22H28N2. The molecule has 1 aliphatic carbocycles. The molecular weight excluding hydrogens is 292 g/mol. The average molecular weight is 320 g/mol. The zero-order chi connectivity index (χ0) is 16.8. The average Bonchev–Trinajstić information content (AvgIpc) is 2.90. The second kappa shape index (κ2) is 8.16. The molecule has 0 bridgehead atoms. The van der Waals surface area contributed by atoms with E-state index in [1.165, 1.54) is 17.0 Å². The fourth-order valence-corrected chi connectivity index (χ4v) is 3.51. The first-order valence-electron chi connectivity index (χ1n) is 9.01. The van der Waals surface area contributed by atoms with Crippen LogP contribution in [0.4, 0.5) is 0 Å². The first kappa shape index (κ1) is 16.8. The quantitative estimate of drug-likeness (QED) is 0.762. The lowest BCUT2D eigenvalue weighted by molar-refractivity contribution is 0.295. The molecule has 126 valence electrons. The maximum atomic E-state index is 2.57. The Hall–Kier alpha value is -2.06. The highest BCUT2D eigenvalue weighted by Crippen LogP contribution is 2.30. The highest BCUT2D eigenvalue weighted by Gasteiger charge is 2.22. The van der Waals surface area contributed by atoms with Crippen molar-refractivity contribution in [1.29, 1.82) is 0 Å². The van der Waals surface area contributed by atoms with Gasteiger partial charge in [-0.3, -0.25) is 0 Å². The molecule has 0 fully saturated rings. The molecule has 24 heavy (non-hydrogen) atoms. The van der Waals surface area contributed by atoms with Gasteiger partial charge in [-0.15, -0.1) is 0 Å². The van der Waals surface area contributed by atoms with Gasteiger partial charge in [0.05, 0.1) is 0 Å². The standard InChI is InChI=1S/C22H28N2/c1-3-20-18-23(2)16-15-22(20)24(17-19-11-7-6-8-12-19)21-13-9-4-5-10-14-21/h4-13H,3,14-18H2,1-2H3. The minimum absolute atomic E-state index is 0.955. The molecule has 0 saturated heterocycles. The molecule has 1 aromatic rings. The van der Waals surface area contributed by atoms with Crippen LogP contribution in [0.5, 0.6) is 0 Å². The molecule has 1 aromatic carbocycles. The van der Waals surface area contributed by atoms with Gasteiger partial charge in [-0.1, -0.05) is 61.6 Å². The predicted molar refractivity (Wildman–Crippen MR) is 102 cm³/mol. The Morgan fingerprint density at radius 1 is 1.08 bits per heavy atom. The summed E-state index contributed by atoms with van der Waals surface area (Å²) in [6.07, 6.45) is 14.2. The van der Waals surface area contributed by atoms with Crippen LogP contribution in [0.2, 0.25) is 0 Å². The SMILES string of the molecule is CCC1=C(N(Cc2ccccc2)C2=CC=CC=CC2)CCN(C)C1. The van der Waals surface area contributed by atoms with Gasteiger partial charge in [0.2, 0.25) is 0 Å². The van der Waals surface area contributed by atoms with Gasteiger partial charge in [-0.2, -0.15) is 0 Å². The minimum atomic E-state index is 0.955. The van der Waals surface area contributed by atoms with Crippen molar-refractivity contribution in [3.8, 4) is 0 Å². The van der Waals surface area contributed by atoms with Gasteiger partial charge < -0.3 is 9.80 Å². The molecule has 0 amide bonds. The van der Waals surface area contributed by atoms with E-state index in [9.17, 15) is 0 Å². The molecule has 2 aliphatic rings. The molecule has 0 saturated carbocycles. The Bertz CT molecular complexity index is 664. The van der Waals surface area contributed by atoms with Gasteiger partial charge in [0, 0.05) is 43.9 Å². The molecule has 1 aliphatic heterocycles. The number of nitrogens with zero attached hydrogens (tertiary/aromatic N) is 2. The molecule has 0 unspecified atom stereocenters. The second-order valence-corrected chi connectivity index (χ2v) is 6.64. The largest absolute Gasteiger partial charge is 0.344 e. The Morgan fingerprint density at radius 2 is 1.92 bits per heavy atom. The van der Waals surface area contributed by atoms with E-state index in [1.54, 1.807) is 5.57 Å². The van der Waals surface area contributed by atoms with E-state index >= 15 is 0 Å². The highest BCUT2D eigenvalue weighted by molar-refractivity contribution is 5.30. The van der Waals surface area contributed by atoms with Crippen LogP contribution in [0.15, 0.2) is 77.7 Å². The maximum Gasteiger partial charge on any atom is 0.0475 e. The van der Waals surface area contributed by atoms with Crippen molar-refractivity contribution in [2.75, 3.05) is 20.1 Å². The monoisotopic (exact) mass is 320 g/mol. The number of rotatable bonds is 5. The van der Waals surface area contributed by atoms with Gasteiger partial charge in [0.15, 0.2) is 0 Å². The lowest BCUT2D eigenvalue weighted by Crippen LogP contribution is -2.34. The molecule has 1 heterocycles. The van der Waals surface area contributed by atoms with Crippen molar-refractivity contribution >= 4 is 0 Å². The van der Waals surface area contributed by atoms with Crippen LogP contribution in [0.1, 0.15) is 31.7 Å². The summed E-state index contributed by atoms with van der Waals surface area (Å²) >= 11 is 0. The number of allylic oxidation sites excluding steroid dienone is 5. The van der Waals surface area contributed by atoms with Crippen molar-refractivity contribution in [2.24, 2.45) is 0 Å². The summed E-state index contributed by atoms with van der Waals surface area (Å²) in [5, 5.41) is 0. The van der Waals surface area contributed by atoms with E-state index in [0.717, 1.165) is 38.9 Å². The second-order valence-electron chi connectivity index (χ2n) is 6.64. The Balaban J connectivity index is 1.96. The molecule has 2 nitrogen and oxygen atoms in total. The fourth-order valence-electron chi connectivity index (χ4n) is 3.51. The van der Waals surface area contributed by atoms with Crippen molar-refractivity contribution in [1.82, 2.24) is 9.80 Å². The van der Waals surface area contributed by atoms with E-state index in [0.29, 0.717) is 0 Å². The van der Waals surface area contributed by atoms with Gasteiger partial charge >= 0.3 is 0 Å². The molecule has 0 spiro atoms. The smallest absolute Gasteiger partial charge is 0.0475 e. The lowest BCUT2D eigenvalue weighted by atomic mass is 10.0. The number of benzene rings is 1. The van der Waals surface area contributed by atoms with E-state index < -0.39 is 0 Å². The normalized spacial score (nSPS) is 18.5. The third-order valence-corrected chi connectivity index (χ3v) is 4.86. The van der Waals surface area contributed by atoms with Crippen LogP contribution in [-0.4, -0.2) is 29.9 Å². The third-order valence-electron chi connectivity index (χ3n) is 4.86. The topological polar surface area (TPSA) is 6.48 Å². The van der Waals surface area contributed by atoms with Crippen molar-refractivity contribution in [3.05, 3.63) is 83.2 Å². The summed E-state index contributed by atoms with van der Waals surface area (Å²) in [4.78, 5) is 5.01. The summed E-state index contributed by atoms with van der Waals surface area (Å²) in [5.74, 6) is 0. The van der Waals surface area contributed by atoms with Gasteiger partial charge in [0.25, 0.3) is 0 Å². The number of hydrogen-bond donors (Lipinski definition) is 0. The van der Waals surface area contributed by atoms with Gasteiger partial charge in [0.1, 0.15) is 0 Å². The van der Waals surface area contributed by atoms with Crippen LogP contribution < -0.4 is 0 Å². The van der Waals surface area contributed by atoms with Crippen LogP contribution in [0, 0.1) is 0 Å². The Kier molecular flexibility index (Phi) is 5.71. The highest BCUT2D eigenvalue weighted by atomic mass is 15.2. The molecule has 0 radical (unpaired) electrons. The third kappa shape index (κ3) is 4.07. The predicted octanol–water partition coefficient (Wildman–Crippen LogP) is 4.89. The van der Waals surface area contributed by atoms with E-state index in [4.69, 9.17) is 0 Å². The van der Waals surface area contributed by atoms with E-state index in [1.807, 2.05) is 0 Å². The Labute approximate surface area is 146 Å². The number of hydrogen-bond acceptors (Lipinski definition) is 2. The molecule has 0 aromatic heterocycles. The summed E-state index contributed by atoms with van der Waals surface area (Å²) in [7, 11) is 2.23. The van der Waals surface area contributed by atoms with Crippen LogP contribution in [0.25, 0.3) is 0 Å². The molecule has 0 atom stereocenters. The van der Waals surface area contributed by atoms with E-state index in [-0.39, 0.29) is 0 Å². The number of likely N-dealkylation sites (N-methyl/N-ethyl adjacent to an activating group) is 1. The zero-order valence-electron chi connectivity index (χ0n) is 14.9. The van der Waals surface area contributed by atoms with Crippen molar-refractivity contribution in [2.45, 2.75) is 32.7 Å². The first-order valence-corrected chi connectivity index (χ1v) is 9.01. The van der Waals surface area contributed by atoms with Crippen molar-refractivity contribution in [3.63, 3.8) is 0 Å². The van der Waals surface area contributed by atoms with E-state index in [2.05, 4.69) is 84.5 Å².